The van der Waals surface area contributed by atoms with Gasteiger partial charge in [-0.05, 0) is 30.5 Å². The van der Waals surface area contributed by atoms with Gasteiger partial charge in [-0.1, -0.05) is 33.6 Å². The maximum Gasteiger partial charge on any atom is 0.289 e. The number of furan rings is 1. The van der Waals surface area contributed by atoms with Crippen LogP contribution >= 0.6 is 0 Å². The van der Waals surface area contributed by atoms with E-state index < -0.39 is 0 Å². The number of nitrogens with zero attached hydrogens (tertiary/aromatic N) is 2. The summed E-state index contributed by atoms with van der Waals surface area (Å²) in [6.07, 6.45) is 5.27. The Hall–Kier alpha value is -1.29. The third-order valence-electron chi connectivity index (χ3n) is 5.13. The lowest BCUT2D eigenvalue weighted by Gasteiger charge is -2.36. The smallest absolute Gasteiger partial charge is 0.289 e. The Morgan fingerprint density at radius 2 is 1.90 bits per heavy atom. The van der Waals surface area contributed by atoms with E-state index in [0.29, 0.717) is 11.2 Å². The maximum absolute atomic E-state index is 12.2. The highest BCUT2D eigenvalue weighted by molar-refractivity contribution is 5.91. The van der Waals surface area contributed by atoms with Crippen molar-refractivity contribution in [3.63, 3.8) is 0 Å². The molecule has 118 valence electrons. The second-order valence-corrected chi connectivity index (χ2v) is 6.38. The van der Waals surface area contributed by atoms with Crippen molar-refractivity contribution in [2.24, 2.45) is 5.41 Å². The number of hydrogen-bond donors (Lipinski definition) is 0. The number of carbonyl (C=O) groups excluding carboxylic acids is 1. The molecule has 1 aromatic rings. The van der Waals surface area contributed by atoms with Crippen molar-refractivity contribution in [3.8, 4) is 0 Å². The topological polar surface area (TPSA) is 36.7 Å². The van der Waals surface area contributed by atoms with Crippen molar-refractivity contribution in [1.82, 2.24) is 9.80 Å². The van der Waals surface area contributed by atoms with E-state index in [9.17, 15) is 4.79 Å². The van der Waals surface area contributed by atoms with Gasteiger partial charge in [0.1, 0.15) is 0 Å². The van der Waals surface area contributed by atoms with Gasteiger partial charge in [0.05, 0.1) is 6.26 Å². The van der Waals surface area contributed by atoms with Gasteiger partial charge in [0.15, 0.2) is 5.76 Å². The zero-order valence-electron chi connectivity index (χ0n) is 13.6. The molecule has 2 rings (SSSR count). The van der Waals surface area contributed by atoms with Crippen molar-refractivity contribution in [2.45, 2.75) is 40.0 Å². The Balaban J connectivity index is 1.77. The number of carbonyl (C=O) groups is 1. The molecule has 1 aliphatic heterocycles. The molecule has 0 aromatic carbocycles. The molecule has 2 heterocycles. The average Bonchev–Trinajstić information content (AvgIpc) is 3.07. The van der Waals surface area contributed by atoms with Crippen LogP contribution in [0.2, 0.25) is 0 Å². The second-order valence-electron chi connectivity index (χ2n) is 6.38. The van der Waals surface area contributed by atoms with Gasteiger partial charge in [-0.2, -0.15) is 0 Å². The molecule has 1 aliphatic rings. The summed E-state index contributed by atoms with van der Waals surface area (Å²) < 4.78 is 5.19. The van der Waals surface area contributed by atoms with Gasteiger partial charge >= 0.3 is 0 Å². The number of amides is 1. The summed E-state index contributed by atoms with van der Waals surface area (Å²) in [4.78, 5) is 16.6. The van der Waals surface area contributed by atoms with Gasteiger partial charge in [-0.15, -0.1) is 0 Å². The van der Waals surface area contributed by atoms with Crippen LogP contribution in [0.1, 0.15) is 50.6 Å². The van der Waals surface area contributed by atoms with E-state index in [4.69, 9.17) is 4.42 Å². The molecule has 0 N–H and O–H groups in total. The Morgan fingerprint density at radius 3 is 2.43 bits per heavy atom. The van der Waals surface area contributed by atoms with Crippen LogP contribution in [0.5, 0.6) is 0 Å². The monoisotopic (exact) mass is 292 g/mol. The van der Waals surface area contributed by atoms with Crippen LogP contribution in [0.25, 0.3) is 0 Å². The molecule has 1 amide bonds. The molecule has 0 aliphatic carbocycles. The molecule has 1 aromatic heterocycles. The average molecular weight is 292 g/mol. The number of hydrogen-bond acceptors (Lipinski definition) is 3. The van der Waals surface area contributed by atoms with Gasteiger partial charge in [0, 0.05) is 26.2 Å². The SMILES string of the molecule is CCC(C)(CC)CCN1CCN(C(=O)c2ccco2)CC1. The first-order valence-corrected chi connectivity index (χ1v) is 8.13. The van der Waals surface area contributed by atoms with Crippen molar-refractivity contribution in [1.29, 1.82) is 0 Å². The minimum absolute atomic E-state index is 0.0200. The number of rotatable bonds is 6. The van der Waals surface area contributed by atoms with Crippen LogP contribution in [0.15, 0.2) is 22.8 Å². The van der Waals surface area contributed by atoms with E-state index in [2.05, 4.69) is 25.7 Å². The largest absolute Gasteiger partial charge is 0.459 e. The van der Waals surface area contributed by atoms with Crippen LogP contribution in [0.3, 0.4) is 0 Å². The molecule has 0 unspecified atom stereocenters. The van der Waals surface area contributed by atoms with Gasteiger partial charge in [0.2, 0.25) is 0 Å². The van der Waals surface area contributed by atoms with Gasteiger partial charge in [-0.25, -0.2) is 0 Å². The minimum Gasteiger partial charge on any atom is -0.459 e. The van der Waals surface area contributed by atoms with E-state index in [1.165, 1.54) is 19.3 Å². The van der Waals surface area contributed by atoms with E-state index in [-0.39, 0.29) is 5.91 Å². The van der Waals surface area contributed by atoms with E-state index in [0.717, 1.165) is 32.7 Å². The Bertz CT molecular complexity index is 430. The van der Waals surface area contributed by atoms with Crippen molar-refractivity contribution < 1.29 is 9.21 Å². The first-order chi connectivity index (χ1) is 10.1. The van der Waals surface area contributed by atoms with Crippen molar-refractivity contribution >= 4 is 5.91 Å². The zero-order chi connectivity index (χ0) is 15.3. The van der Waals surface area contributed by atoms with E-state index in [1.807, 2.05) is 4.90 Å². The molecule has 0 radical (unpaired) electrons. The normalized spacial score (nSPS) is 17.2. The highest BCUT2D eigenvalue weighted by Crippen LogP contribution is 2.29. The van der Waals surface area contributed by atoms with Crippen LogP contribution in [-0.4, -0.2) is 48.4 Å². The lowest BCUT2D eigenvalue weighted by molar-refractivity contribution is 0.0586. The molecular weight excluding hydrogens is 264 g/mol. The molecular formula is C17H28N2O2. The highest BCUT2D eigenvalue weighted by Gasteiger charge is 2.25. The maximum atomic E-state index is 12.2. The van der Waals surface area contributed by atoms with E-state index in [1.54, 1.807) is 18.4 Å². The summed E-state index contributed by atoms with van der Waals surface area (Å²) in [7, 11) is 0. The third-order valence-corrected chi connectivity index (χ3v) is 5.13. The summed E-state index contributed by atoms with van der Waals surface area (Å²) >= 11 is 0. The fourth-order valence-corrected chi connectivity index (χ4v) is 2.76. The predicted molar refractivity (Wildman–Crippen MR) is 84.4 cm³/mol. The molecule has 0 bridgehead atoms. The van der Waals surface area contributed by atoms with Gasteiger partial charge in [0.25, 0.3) is 5.91 Å². The second kappa shape index (κ2) is 7.12. The molecule has 21 heavy (non-hydrogen) atoms. The fourth-order valence-electron chi connectivity index (χ4n) is 2.76. The quantitative estimate of drug-likeness (QED) is 0.807. The third kappa shape index (κ3) is 4.10. The van der Waals surface area contributed by atoms with Gasteiger partial charge < -0.3 is 9.32 Å². The lowest BCUT2D eigenvalue weighted by atomic mass is 9.81. The lowest BCUT2D eigenvalue weighted by Crippen LogP contribution is -2.49. The van der Waals surface area contributed by atoms with Crippen LogP contribution in [0, 0.1) is 5.41 Å². The van der Waals surface area contributed by atoms with Gasteiger partial charge in [-0.3, -0.25) is 9.69 Å². The predicted octanol–water partition coefficient (Wildman–Crippen LogP) is 3.25. The summed E-state index contributed by atoms with van der Waals surface area (Å²) in [5, 5.41) is 0. The zero-order valence-corrected chi connectivity index (χ0v) is 13.6. The van der Waals surface area contributed by atoms with Crippen molar-refractivity contribution in [2.75, 3.05) is 32.7 Å². The van der Waals surface area contributed by atoms with Crippen LogP contribution in [-0.2, 0) is 0 Å². The molecule has 4 nitrogen and oxygen atoms in total. The first kappa shape index (κ1) is 16.1. The molecule has 0 atom stereocenters. The summed E-state index contributed by atoms with van der Waals surface area (Å²) in [6, 6.07) is 3.50. The van der Waals surface area contributed by atoms with Crippen LogP contribution in [0.4, 0.5) is 0 Å². The molecule has 1 fully saturated rings. The summed E-state index contributed by atoms with van der Waals surface area (Å²) in [6.45, 7) is 11.6. The minimum atomic E-state index is 0.0200. The number of piperazine rings is 1. The highest BCUT2D eigenvalue weighted by atomic mass is 16.3. The first-order valence-electron chi connectivity index (χ1n) is 8.13. The Morgan fingerprint density at radius 1 is 1.24 bits per heavy atom. The molecule has 1 saturated heterocycles. The Kier molecular flexibility index (Phi) is 5.45. The molecule has 0 spiro atoms. The summed E-state index contributed by atoms with van der Waals surface area (Å²) in [5.41, 5.74) is 0.459. The summed E-state index contributed by atoms with van der Waals surface area (Å²) in [5.74, 6) is 0.472. The standard InChI is InChI=1S/C17H28N2O2/c1-4-17(3,5-2)8-9-18-10-12-19(13-11-18)16(20)15-7-6-14-21-15/h6-7,14H,4-5,8-13H2,1-3H3. The Labute approximate surface area is 128 Å². The van der Waals surface area contributed by atoms with Crippen LogP contribution < -0.4 is 0 Å². The molecule has 0 saturated carbocycles. The fraction of sp³-hybridized carbons (Fsp3) is 0.706. The molecule has 4 heteroatoms. The van der Waals surface area contributed by atoms with E-state index >= 15 is 0 Å². The van der Waals surface area contributed by atoms with Crippen molar-refractivity contribution in [3.05, 3.63) is 24.2 Å².